The fourth-order valence-electron chi connectivity index (χ4n) is 10.9. The minimum Gasteiger partial charge on any atom is -0.508 e. The summed E-state index contributed by atoms with van der Waals surface area (Å²) in [5.41, 5.74) is 5.08. The van der Waals surface area contributed by atoms with Gasteiger partial charge in [0, 0.05) is 47.2 Å². The molecule has 0 amide bonds. The highest BCUT2D eigenvalue weighted by atomic mass is 16.5. The third-order valence-electron chi connectivity index (χ3n) is 13.7. The molecule has 0 aromatic heterocycles. The van der Waals surface area contributed by atoms with Gasteiger partial charge in [-0.1, -0.05) is 42.5 Å². The first-order chi connectivity index (χ1) is 33.7. The Hall–Kier alpha value is -8.88. The Bertz CT molecular complexity index is 3280. The van der Waals surface area contributed by atoms with Crippen LogP contribution < -0.4 is 9.47 Å². The van der Waals surface area contributed by atoms with Crippen molar-refractivity contribution in [2.75, 3.05) is 0 Å². The Kier molecular flexibility index (Phi) is 10.4. The lowest BCUT2D eigenvalue weighted by Crippen LogP contribution is -2.19. The number of aromatic hydroxyl groups is 11. The second kappa shape index (κ2) is 16.7. The number of phenols is 11. The van der Waals surface area contributed by atoms with E-state index in [1.807, 2.05) is 0 Å². The molecule has 0 aliphatic carbocycles. The zero-order valence-corrected chi connectivity index (χ0v) is 36.7. The van der Waals surface area contributed by atoms with Gasteiger partial charge in [0.1, 0.15) is 75.5 Å². The Balaban J connectivity index is 1.20. The zero-order valence-electron chi connectivity index (χ0n) is 36.7. The van der Waals surface area contributed by atoms with Crippen LogP contribution in [0.25, 0.3) is 0 Å². The second-order valence-corrected chi connectivity index (χ2v) is 18.0. The quantitative estimate of drug-likeness (QED) is 0.0635. The molecule has 8 atom stereocenters. The molecule has 3 aliphatic rings. The van der Waals surface area contributed by atoms with Gasteiger partial charge in [-0.25, -0.2) is 0 Å². The van der Waals surface area contributed by atoms with Crippen molar-refractivity contribution in [1.82, 2.24) is 0 Å². The van der Waals surface area contributed by atoms with Gasteiger partial charge in [0.15, 0.2) is 11.5 Å². The van der Waals surface area contributed by atoms with Crippen LogP contribution in [0.3, 0.4) is 0 Å². The molecular weight excluding hydrogens is 897 g/mol. The lowest BCUT2D eigenvalue weighted by molar-refractivity contribution is 0.0366. The predicted octanol–water partition coefficient (Wildman–Crippen LogP) is 10.4. The minimum absolute atomic E-state index is 0.00155. The van der Waals surface area contributed by atoms with Crippen LogP contribution >= 0.6 is 0 Å². The third-order valence-corrected chi connectivity index (χ3v) is 13.7. The smallest absolute Gasteiger partial charge is 0.157 e. The molecule has 352 valence electrons. The summed E-state index contributed by atoms with van der Waals surface area (Å²) in [6, 6.07) is 38.1. The fraction of sp³-hybridized carbons (Fsp3) is 0.143. The number of phenolic OH excluding ortho intramolecular Hbond substituents is 11. The van der Waals surface area contributed by atoms with Crippen molar-refractivity contribution >= 4 is 0 Å². The summed E-state index contributed by atoms with van der Waals surface area (Å²) in [6.07, 6.45) is -3.63. The van der Waals surface area contributed by atoms with Gasteiger partial charge in [0.25, 0.3) is 0 Å². The molecule has 11 N–H and O–H groups in total. The van der Waals surface area contributed by atoms with Crippen molar-refractivity contribution in [3.63, 3.8) is 0 Å². The number of hydrogen-bond acceptors (Lipinski definition) is 14. The number of rotatable bonds is 8. The second-order valence-electron chi connectivity index (χ2n) is 18.0. The molecular formula is C56H44O14. The first-order valence-electron chi connectivity index (χ1n) is 22.3. The number of benzene rings is 8. The Labute approximate surface area is 399 Å². The van der Waals surface area contributed by atoms with Gasteiger partial charge < -0.3 is 70.4 Å². The SMILES string of the molecule is Oc1ccc([C@H]2Oc3cc(O)cc([C@@H]4[C@H](c5cc(O)cc(O)c5)[C@@H](c5ccc(O)cc5)O[C@@H]4c4ccc(O)cc4)c3[C@@H]2c2cc(O)cc3c2[C@@H](c2cc(O)cc(O)c2)[C@H](c2ccc(O)c(O)c2)O3)cc1. The topological polar surface area (TPSA) is 250 Å². The third kappa shape index (κ3) is 7.60. The predicted molar refractivity (Wildman–Crippen MR) is 252 cm³/mol. The van der Waals surface area contributed by atoms with Gasteiger partial charge in [-0.2, -0.15) is 0 Å². The molecule has 1 saturated heterocycles. The van der Waals surface area contributed by atoms with Crippen LogP contribution in [0, 0.1) is 0 Å². The molecule has 1 fully saturated rings. The standard InChI is InChI=1S/C56H44O14/c57-32-8-1-26(2-9-32)53-48(31-17-37(62)21-38(63)18-31)51(55(70-53)28-5-12-34(59)13-6-28)42-23-40(65)25-46-50(42)52(54(68-46)27-3-10-33(58)11-4-27)41-22-39(64)24-45-49(41)47(30-15-35(60)20-36(61)16-30)56(69-45)29-7-14-43(66)44(67)19-29/h1-25,47-48,51-67H/t47-,48+,51-,52+,53-,54-,55-,56+/m1/s1. The summed E-state index contributed by atoms with van der Waals surface area (Å²) in [5.74, 6) is -5.04. The highest BCUT2D eigenvalue weighted by Crippen LogP contribution is 2.65. The van der Waals surface area contributed by atoms with E-state index in [1.165, 1.54) is 97.1 Å². The van der Waals surface area contributed by atoms with E-state index in [2.05, 4.69) is 0 Å². The highest BCUT2D eigenvalue weighted by Gasteiger charge is 2.52. The van der Waals surface area contributed by atoms with Crippen LogP contribution in [0.15, 0.2) is 152 Å². The lowest BCUT2D eigenvalue weighted by atomic mass is 9.70. The van der Waals surface area contributed by atoms with Crippen LogP contribution in [0.1, 0.15) is 104 Å². The lowest BCUT2D eigenvalue weighted by Gasteiger charge is -2.30. The average Bonchev–Trinajstić information content (AvgIpc) is 4.02. The van der Waals surface area contributed by atoms with E-state index >= 15 is 0 Å². The first-order valence-corrected chi connectivity index (χ1v) is 22.3. The van der Waals surface area contributed by atoms with Gasteiger partial charge in [-0.3, -0.25) is 0 Å². The molecule has 11 rings (SSSR count). The Morgan fingerprint density at radius 2 is 0.671 bits per heavy atom. The number of ether oxygens (including phenoxy) is 3. The van der Waals surface area contributed by atoms with Gasteiger partial charge in [0.2, 0.25) is 0 Å². The van der Waals surface area contributed by atoms with E-state index in [0.717, 1.165) is 0 Å². The van der Waals surface area contributed by atoms with Crippen LogP contribution in [-0.2, 0) is 4.74 Å². The van der Waals surface area contributed by atoms with Gasteiger partial charge in [0.05, 0.1) is 24.0 Å². The Morgan fingerprint density at radius 1 is 0.271 bits per heavy atom. The molecule has 0 bridgehead atoms. The molecule has 14 heteroatoms. The summed E-state index contributed by atoms with van der Waals surface area (Å²) in [5, 5.41) is 120. The van der Waals surface area contributed by atoms with E-state index in [4.69, 9.17) is 14.2 Å². The number of fused-ring (bicyclic) bond motifs is 2. The molecule has 70 heavy (non-hydrogen) atoms. The van der Waals surface area contributed by atoms with Gasteiger partial charge >= 0.3 is 0 Å². The van der Waals surface area contributed by atoms with Crippen molar-refractivity contribution in [2.45, 2.75) is 48.1 Å². The maximum Gasteiger partial charge on any atom is 0.157 e. The zero-order chi connectivity index (χ0) is 48.7. The molecule has 3 aliphatic heterocycles. The van der Waals surface area contributed by atoms with Gasteiger partial charge in [-0.15, -0.1) is 0 Å². The monoisotopic (exact) mass is 940 g/mol. The van der Waals surface area contributed by atoms with Crippen LogP contribution in [0.4, 0.5) is 0 Å². The largest absolute Gasteiger partial charge is 0.508 e. The summed E-state index contributed by atoms with van der Waals surface area (Å²) < 4.78 is 20.8. The molecule has 8 aromatic carbocycles. The molecule has 0 unspecified atom stereocenters. The van der Waals surface area contributed by atoms with Crippen molar-refractivity contribution in [3.8, 4) is 74.7 Å². The van der Waals surface area contributed by atoms with E-state index < -0.39 is 53.8 Å². The first kappa shape index (κ1) is 43.7. The molecule has 8 aromatic rings. The summed E-state index contributed by atoms with van der Waals surface area (Å²) in [6.45, 7) is 0. The number of hydrogen-bond donors (Lipinski definition) is 11. The maximum atomic E-state index is 11.8. The normalized spacial score (nSPS) is 22.2. The van der Waals surface area contributed by atoms with E-state index in [1.54, 1.807) is 54.6 Å². The van der Waals surface area contributed by atoms with Crippen LogP contribution in [-0.4, -0.2) is 56.2 Å². The Morgan fingerprint density at radius 3 is 1.17 bits per heavy atom. The van der Waals surface area contributed by atoms with Crippen molar-refractivity contribution in [3.05, 3.63) is 207 Å². The molecule has 0 saturated carbocycles. The molecule has 0 spiro atoms. The summed E-state index contributed by atoms with van der Waals surface area (Å²) in [4.78, 5) is 0. The van der Waals surface area contributed by atoms with Crippen LogP contribution in [0.2, 0.25) is 0 Å². The van der Waals surface area contributed by atoms with Crippen molar-refractivity contribution in [1.29, 1.82) is 0 Å². The maximum absolute atomic E-state index is 11.8. The molecule has 14 nitrogen and oxygen atoms in total. The van der Waals surface area contributed by atoms with Gasteiger partial charge in [-0.05, 0) is 129 Å². The van der Waals surface area contributed by atoms with E-state index in [-0.39, 0.29) is 69.0 Å². The average molecular weight is 941 g/mol. The highest BCUT2D eigenvalue weighted by molar-refractivity contribution is 5.65. The van der Waals surface area contributed by atoms with Crippen LogP contribution in [0.5, 0.6) is 74.7 Å². The molecule has 0 radical (unpaired) electrons. The van der Waals surface area contributed by atoms with Crippen molar-refractivity contribution in [2.24, 2.45) is 0 Å². The summed E-state index contributed by atoms with van der Waals surface area (Å²) in [7, 11) is 0. The van der Waals surface area contributed by atoms with Crippen molar-refractivity contribution < 1.29 is 70.4 Å². The summed E-state index contributed by atoms with van der Waals surface area (Å²) >= 11 is 0. The fourth-order valence-corrected chi connectivity index (χ4v) is 10.9. The minimum atomic E-state index is -0.979. The van der Waals surface area contributed by atoms with E-state index in [9.17, 15) is 56.2 Å². The molecule has 3 heterocycles. The van der Waals surface area contributed by atoms with E-state index in [0.29, 0.717) is 55.6 Å².